The summed E-state index contributed by atoms with van der Waals surface area (Å²) >= 11 is 13.4. The highest BCUT2D eigenvalue weighted by Crippen LogP contribution is 2.30. The monoisotopic (exact) mass is 528 g/mol. The number of carbonyl (C=O) groups excluding carboxylic acids is 1. The number of nitrogens with one attached hydrogen (secondary N) is 1. The van der Waals surface area contributed by atoms with Gasteiger partial charge >= 0.3 is 0 Å². The molecule has 0 saturated carbocycles. The molecule has 2 aromatic heterocycles. The van der Waals surface area contributed by atoms with Crippen LogP contribution in [-0.4, -0.2) is 35.8 Å². The first-order valence-corrected chi connectivity index (χ1v) is 12.3. The third kappa shape index (κ3) is 5.07. The Kier molecular flexibility index (Phi) is 7.49. The average molecular weight is 529 g/mol. The molecule has 4 aromatic rings. The van der Waals surface area contributed by atoms with Gasteiger partial charge in [-0.05, 0) is 37.3 Å². The summed E-state index contributed by atoms with van der Waals surface area (Å²) in [6.45, 7) is 6.02. The molecule has 0 unspecified atom stereocenters. The largest absolute Gasteiger partial charge is 0.319 e. The lowest BCUT2D eigenvalue weighted by molar-refractivity contribution is -0.113. The molecule has 11 heteroatoms. The van der Waals surface area contributed by atoms with Crippen molar-refractivity contribution in [2.75, 3.05) is 11.1 Å². The lowest BCUT2D eigenvalue weighted by Crippen LogP contribution is -2.23. The van der Waals surface area contributed by atoms with Crippen LogP contribution in [0.4, 0.5) is 5.69 Å². The van der Waals surface area contributed by atoms with Crippen molar-refractivity contribution in [3.8, 4) is 17.1 Å². The molecular weight excluding hydrogens is 507 g/mol. The van der Waals surface area contributed by atoms with Crippen LogP contribution in [0.5, 0.6) is 0 Å². The van der Waals surface area contributed by atoms with Crippen molar-refractivity contribution in [1.82, 2.24) is 24.1 Å². The fourth-order valence-electron chi connectivity index (χ4n) is 3.56. The maximum absolute atomic E-state index is 13.0. The van der Waals surface area contributed by atoms with Crippen molar-refractivity contribution in [2.24, 2.45) is 7.05 Å². The Morgan fingerprint density at radius 1 is 1.14 bits per heavy atom. The molecule has 180 valence electrons. The molecule has 0 spiro atoms. The summed E-state index contributed by atoms with van der Waals surface area (Å²) in [6.07, 6.45) is 1.72. The van der Waals surface area contributed by atoms with E-state index in [9.17, 15) is 9.59 Å². The molecule has 0 aliphatic rings. The normalized spacial score (nSPS) is 11.0. The Morgan fingerprint density at radius 3 is 2.57 bits per heavy atom. The van der Waals surface area contributed by atoms with Gasteiger partial charge in [0.05, 0.1) is 27.2 Å². The molecule has 0 fully saturated rings. The molecule has 35 heavy (non-hydrogen) atoms. The van der Waals surface area contributed by atoms with E-state index in [1.165, 1.54) is 16.4 Å². The molecular formula is C24H22Cl2N6O2S. The number of nitrogens with zero attached hydrogens (tertiary/aromatic N) is 5. The van der Waals surface area contributed by atoms with Crippen molar-refractivity contribution in [3.63, 3.8) is 0 Å². The van der Waals surface area contributed by atoms with Gasteiger partial charge in [-0.1, -0.05) is 59.2 Å². The number of benzene rings is 2. The molecule has 8 nitrogen and oxygen atoms in total. The summed E-state index contributed by atoms with van der Waals surface area (Å²) in [4.78, 5) is 25.8. The van der Waals surface area contributed by atoms with Gasteiger partial charge in [0.25, 0.3) is 5.56 Å². The Balaban J connectivity index is 1.53. The van der Waals surface area contributed by atoms with Gasteiger partial charge in [0, 0.05) is 19.2 Å². The number of hydrogen-bond donors (Lipinski definition) is 1. The Labute approximate surface area is 216 Å². The van der Waals surface area contributed by atoms with Gasteiger partial charge in [0.1, 0.15) is 5.69 Å². The summed E-state index contributed by atoms with van der Waals surface area (Å²) in [6, 6.07) is 14.5. The third-order valence-corrected chi connectivity index (χ3v) is 7.06. The van der Waals surface area contributed by atoms with Crippen LogP contribution in [0.2, 0.25) is 10.0 Å². The van der Waals surface area contributed by atoms with Crippen molar-refractivity contribution in [2.45, 2.75) is 18.6 Å². The molecule has 4 rings (SSSR count). The molecule has 1 amide bonds. The fourth-order valence-corrected chi connectivity index (χ4v) is 4.60. The van der Waals surface area contributed by atoms with Crippen LogP contribution in [0.3, 0.4) is 0 Å². The van der Waals surface area contributed by atoms with Crippen molar-refractivity contribution in [3.05, 3.63) is 87.3 Å². The topological polar surface area (TPSA) is 86.7 Å². The van der Waals surface area contributed by atoms with Crippen LogP contribution in [0.25, 0.3) is 17.1 Å². The molecule has 0 saturated heterocycles. The summed E-state index contributed by atoms with van der Waals surface area (Å²) in [7, 11) is 1.77. The average Bonchev–Trinajstić information content (AvgIpc) is 3.34. The highest BCUT2D eigenvalue weighted by molar-refractivity contribution is 7.99. The second kappa shape index (κ2) is 10.6. The van der Waals surface area contributed by atoms with Crippen molar-refractivity contribution >= 4 is 46.6 Å². The Hall–Kier alpha value is -3.27. The minimum Gasteiger partial charge on any atom is -0.319 e. The number of rotatable bonds is 8. The summed E-state index contributed by atoms with van der Waals surface area (Å²) < 4.78 is 5.06. The number of amides is 1. The number of para-hydroxylation sites is 1. The van der Waals surface area contributed by atoms with E-state index in [0.29, 0.717) is 39.0 Å². The van der Waals surface area contributed by atoms with Crippen LogP contribution in [0.1, 0.15) is 5.69 Å². The van der Waals surface area contributed by atoms with Crippen LogP contribution in [-0.2, 0) is 18.4 Å². The number of halogens is 2. The zero-order valence-corrected chi connectivity index (χ0v) is 21.4. The van der Waals surface area contributed by atoms with Crippen molar-refractivity contribution < 1.29 is 4.79 Å². The van der Waals surface area contributed by atoms with E-state index < -0.39 is 0 Å². The van der Waals surface area contributed by atoms with Gasteiger partial charge < -0.3 is 5.32 Å². The quantitative estimate of drug-likeness (QED) is 0.257. The zero-order valence-electron chi connectivity index (χ0n) is 19.0. The smallest absolute Gasteiger partial charge is 0.295 e. The second-order valence-corrected chi connectivity index (χ2v) is 9.36. The van der Waals surface area contributed by atoms with E-state index in [-0.39, 0.29) is 22.9 Å². The van der Waals surface area contributed by atoms with Gasteiger partial charge in [-0.15, -0.1) is 16.8 Å². The lowest BCUT2D eigenvalue weighted by atomic mass is 10.2. The number of aromatic nitrogens is 5. The van der Waals surface area contributed by atoms with E-state index >= 15 is 0 Å². The minimum atomic E-state index is -0.328. The van der Waals surface area contributed by atoms with Gasteiger partial charge in [-0.2, -0.15) is 0 Å². The second-order valence-electron chi connectivity index (χ2n) is 7.61. The maximum Gasteiger partial charge on any atom is 0.295 e. The first kappa shape index (κ1) is 24.8. The number of carbonyl (C=O) groups is 1. The van der Waals surface area contributed by atoms with E-state index in [1.54, 1.807) is 42.9 Å². The zero-order chi connectivity index (χ0) is 25.1. The highest BCUT2D eigenvalue weighted by Gasteiger charge is 2.20. The van der Waals surface area contributed by atoms with Crippen LogP contribution >= 0.6 is 35.0 Å². The molecule has 0 bridgehead atoms. The lowest BCUT2D eigenvalue weighted by Gasteiger charge is -2.08. The Bertz CT molecular complexity index is 1460. The predicted octanol–water partition coefficient (Wildman–Crippen LogP) is 4.97. The SMILES string of the molecule is C=CCn1c(SCC(=O)Nc2c(C)n(C)n(-c3ccccc3)c2=O)nnc1-c1ccc(Cl)c(Cl)c1. The number of hydrogen-bond acceptors (Lipinski definition) is 5. The molecule has 0 radical (unpaired) electrons. The standard InChI is InChI=1S/C24H22Cl2N6O2S/c1-4-12-31-22(16-10-11-18(25)19(26)13-16)28-29-24(31)35-14-20(33)27-21-15(2)30(3)32(23(21)34)17-8-6-5-7-9-17/h4-11,13H,1,12,14H2,2-3H3,(H,27,33). The number of allylic oxidation sites excluding steroid dienone is 1. The fraction of sp³-hybridized carbons (Fsp3) is 0.167. The summed E-state index contributed by atoms with van der Waals surface area (Å²) in [5, 5.41) is 12.7. The van der Waals surface area contributed by atoms with Gasteiger partial charge in [-0.25, -0.2) is 4.68 Å². The molecule has 0 aliphatic heterocycles. The molecule has 0 atom stereocenters. The molecule has 2 heterocycles. The van der Waals surface area contributed by atoms with E-state index in [2.05, 4.69) is 22.1 Å². The van der Waals surface area contributed by atoms with Gasteiger partial charge in [0.2, 0.25) is 5.91 Å². The molecule has 0 aliphatic carbocycles. The number of thioether (sulfide) groups is 1. The van der Waals surface area contributed by atoms with Gasteiger partial charge in [0.15, 0.2) is 11.0 Å². The maximum atomic E-state index is 13.0. The molecule has 2 aromatic carbocycles. The minimum absolute atomic E-state index is 0.0375. The van der Waals surface area contributed by atoms with Crippen molar-refractivity contribution in [1.29, 1.82) is 0 Å². The first-order chi connectivity index (χ1) is 16.8. The van der Waals surface area contributed by atoms with Crippen LogP contribution in [0.15, 0.2) is 71.1 Å². The predicted molar refractivity (Wildman–Crippen MR) is 141 cm³/mol. The Morgan fingerprint density at radius 2 is 1.89 bits per heavy atom. The summed E-state index contributed by atoms with van der Waals surface area (Å²) in [5.74, 6) is 0.289. The van der Waals surface area contributed by atoms with Crippen LogP contribution < -0.4 is 10.9 Å². The number of anilines is 1. The molecule has 1 N–H and O–H groups in total. The van der Waals surface area contributed by atoms with E-state index in [1.807, 2.05) is 34.9 Å². The third-order valence-electron chi connectivity index (χ3n) is 5.36. The van der Waals surface area contributed by atoms with Crippen LogP contribution in [0, 0.1) is 6.92 Å². The summed E-state index contributed by atoms with van der Waals surface area (Å²) in [5.41, 5.74) is 2.04. The van der Waals surface area contributed by atoms with E-state index in [0.717, 1.165) is 5.56 Å². The van der Waals surface area contributed by atoms with Gasteiger partial charge in [-0.3, -0.25) is 18.8 Å². The highest BCUT2D eigenvalue weighted by atomic mass is 35.5. The first-order valence-electron chi connectivity index (χ1n) is 10.6. The van der Waals surface area contributed by atoms with E-state index in [4.69, 9.17) is 23.2 Å².